The van der Waals surface area contributed by atoms with Crippen molar-refractivity contribution < 1.29 is 14.3 Å². The first-order chi connectivity index (χ1) is 11.8. The summed E-state index contributed by atoms with van der Waals surface area (Å²) in [4.78, 5) is 14.5. The van der Waals surface area contributed by atoms with Crippen LogP contribution in [0.5, 0.6) is 0 Å². The van der Waals surface area contributed by atoms with Crippen LogP contribution in [0.2, 0.25) is 0 Å². The van der Waals surface area contributed by atoms with Crippen LogP contribution < -0.4 is 0 Å². The fourth-order valence-electron chi connectivity index (χ4n) is 3.38. The fraction of sp³-hybridized carbons (Fsp3) is 0.444. The van der Waals surface area contributed by atoms with Crippen LogP contribution in [0.3, 0.4) is 0 Å². The predicted molar refractivity (Wildman–Crippen MR) is 88.3 cm³/mol. The standard InChI is InChI=1S/C18H21N3O3/c22-17(16-12-15(19-20-16)13-4-2-1-3-5-13)21-8-6-14(7-9-21)18-23-10-11-24-18/h1-5,12,14,18H,6-11H2,(H,19,20). The first-order valence-corrected chi connectivity index (χ1v) is 8.44. The van der Waals surface area contributed by atoms with Crippen molar-refractivity contribution in [1.82, 2.24) is 15.1 Å². The summed E-state index contributed by atoms with van der Waals surface area (Å²) in [6, 6.07) is 11.7. The maximum absolute atomic E-state index is 12.7. The minimum absolute atomic E-state index is 0.0105. The highest BCUT2D eigenvalue weighted by Crippen LogP contribution is 2.26. The monoisotopic (exact) mass is 327 g/mol. The Bertz CT molecular complexity index is 687. The number of benzene rings is 1. The SMILES string of the molecule is O=C(c1cc(-c2ccccc2)n[nH]1)N1CCC(C2OCCO2)CC1. The Morgan fingerprint density at radius 2 is 1.83 bits per heavy atom. The summed E-state index contributed by atoms with van der Waals surface area (Å²) >= 11 is 0. The van der Waals surface area contributed by atoms with Crippen molar-refractivity contribution in [3.8, 4) is 11.3 Å². The lowest BCUT2D eigenvalue weighted by atomic mass is 9.96. The second-order valence-electron chi connectivity index (χ2n) is 6.27. The number of nitrogens with zero attached hydrogens (tertiary/aromatic N) is 2. The Labute approximate surface area is 140 Å². The van der Waals surface area contributed by atoms with Gasteiger partial charge in [-0.15, -0.1) is 0 Å². The van der Waals surface area contributed by atoms with Gasteiger partial charge in [0, 0.05) is 24.6 Å². The summed E-state index contributed by atoms with van der Waals surface area (Å²) in [7, 11) is 0. The van der Waals surface area contributed by atoms with Gasteiger partial charge in [-0.1, -0.05) is 30.3 Å². The van der Waals surface area contributed by atoms with Gasteiger partial charge < -0.3 is 14.4 Å². The number of H-pyrrole nitrogens is 1. The van der Waals surface area contributed by atoms with Gasteiger partial charge in [0.05, 0.1) is 18.9 Å². The maximum Gasteiger partial charge on any atom is 0.271 e. The number of carbonyl (C=O) groups excluding carboxylic acids is 1. The topological polar surface area (TPSA) is 67.5 Å². The van der Waals surface area contributed by atoms with Crippen LogP contribution in [0, 0.1) is 5.92 Å². The number of amides is 1. The summed E-state index contributed by atoms with van der Waals surface area (Å²) in [5.41, 5.74) is 2.34. The first kappa shape index (κ1) is 15.4. The lowest BCUT2D eigenvalue weighted by molar-refractivity contribution is -0.0956. The molecule has 3 heterocycles. The zero-order valence-corrected chi connectivity index (χ0v) is 13.5. The Balaban J connectivity index is 1.39. The Hall–Kier alpha value is -2.18. The highest BCUT2D eigenvalue weighted by Gasteiger charge is 2.32. The number of carbonyl (C=O) groups is 1. The Morgan fingerprint density at radius 1 is 1.12 bits per heavy atom. The van der Waals surface area contributed by atoms with E-state index in [1.165, 1.54) is 0 Å². The average molecular weight is 327 g/mol. The van der Waals surface area contributed by atoms with Gasteiger partial charge in [-0.25, -0.2) is 0 Å². The van der Waals surface area contributed by atoms with Crippen LogP contribution in [0.25, 0.3) is 11.3 Å². The van der Waals surface area contributed by atoms with E-state index in [0.717, 1.165) is 37.2 Å². The molecule has 2 saturated heterocycles. The number of nitrogens with one attached hydrogen (secondary N) is 1. The molecule has 24 heavy (non-hydrogen) atoms. The van der Waals surface area contributed by atoms with Crippen LogP contribution in [-0.2, 0) is 9.47 Å². The third-order valence-electron chi connectivity index (χ3n) is 4.74. The third kappa shape index (κ3) is 3.07. The van der Waals surface area contributed by atoms with Crippen molar-refractivity contribution in [3.05, 3.63) is 42.1 Å². The average Bonchev–Trinajstić information content (AvgIpc) is 3.34. The van der Waals surface area contributed by atoms with Crippen molar-refractivity contribution in [2.45, 2.75) is 19.1 Å². The van der Waals surface area contributed by atoms with Crippen LogP contribution in [-0.4, -0.2) is 53.6 Å². The summed E-state index contributed by atoms with van der Waals surface area (Å²) in [5.74, 6) is 0.398. The largest absolute Gasteiger partial charge is 0.350 e. The molecule has 2 aromatic rings. The third-order valence-corrected chi connectivity index (χ3v) is 4.74. The normalized spacial score (nSPS) is 19.8. The molecule has 2 fully saturated rings. The van der Waals surface area contributed by atoms with Gasteiger partial charge in [0.1, 0.15) is 5.69 Å². The maximum atomic E-state index is 12.7. The van der Waals surface area contributed by atoms with Crippen LogP contribution in [0.1, 0.15) is 23.3 Å². The van der Waals surface area contributed by atoms with Crippen molar-refractivity contribution in [1.29, 1.82) is 0 Å². The van der Waals surface area contributed by atoms with Gasteiger partial charge >= 0.3 is 0 Å². The number of hydrogen-bond acceptors (Lipinski definition) is 4. The van der Waals surface area contributed by atoms with E-state index in [1.54, 1.807) is 0 Å². The van der Waals surface area contributed by atoms with E-state index in [9.17, 15) is 4.79 Å². The van der Waals surface area contributed by atoms with E-state index in [4.69, 9.17) is 9.47 Å². The Morgan fingerprint density at radius 3 is 2.54 bits per heavy atom. The molecule has 6 nitrogen and oxygen atoms in total. The van der Waals surface area contributed by atoms with Crippen molar-refractivity contribution in [2.75, 3.05) is 26.3 Å². The highest BCUT2D eigenvalue weighted by molar-refractivity contribution is 5.93. The summed E-state index contributed by atoms with van der Waals surface area (Å²) in [5, 5.41) is 7.14. The number of rotatable bonds is 3. The molecule has 0 saturated carbocycles. The van der Waals surface area contributed by atoms with E-state index >= 15 is 0 Å². The molecule has 1 aromatic carbocycles. The predicted octanol–water partition coefficient (Wildman–Crippen LogP) is 2.30. The second-order valence-corrected chi connectivity index (χ2v) is 6.27. The lowest BCUT2D eigenvalue weighted by Gasteiger charge is -2.33. The van der Waals surface area contributed by atoms with Crippen molar-refractivity contribution in [3.63, 3.8) is 0 Å². The fourth-order valence-corrected chi connectivity index (χ4v) is 3.38. The van der Waals surface area contributed by atoms with E-state index in [1.807, 2.05) is 41.3 Å². The minimum atomic E-state index is -0.0842. The molecule has 2 aliphatic heterocycles. The van der Waals surface area contributed by atoms with Crippen molar-refractivity contribution in [2.24, 2.45) is 5.92 Å². The minimum Gasteiger partial charge on any atom is -0.350 e. The molecular weight excluding hydrogens is 306 g/mol. The molecule has 1 amide bonds. The zero-order chi connectivity index (χ0) is 16.4. The molecule has 0 unspecified atom stereocenters. The van der Waals surface area contributed by atoms with E-state index in [0.29, 0.717) is 24.8 Å². The summed E-state index contributed by atoms with van der Waals surface area (Å²) in [6.07, 6.45) is 1.74. The molecule has 0 radical (unpaired) electrons. The van der Waals surface area contributed by atoms with Crippen LogP contribution in [0.4, 0.5) is 0 Å². The van der Waals surface area contributed by atoms with Crippen LogP contribution in [0.15, 0.2) is 36.4 Å². The summed E-state index contributed by atoms with van der Waals surface area (Å²) < 4.78 is 11.2. The molecule has 0 spiro atoms. The zero-order valence-electron chi connectivity index (χ0n) is 13.5. The molecule has 1 aromatic heterocycles. The number of aromatic amines is 1. The molecule has 6 heteroatoms. The first-order valence-electron chi connectivity index (χ1n) is 8.44. The molecular formula is C18H21N3O3. The molecule has 0 atom stereocenters. The molecule has 0 bridgehead atoms. The summed E-state index contributed by atoms with van der Waals surface area (Å²) in [6.45, 7) is 2.82. The highest BCUT2D eigenvalue weighted by atomic mass is 16.7. The molecule has 4 rings (SSSR count). The smallest absolute Gasteiger partial charge is 0.271 e. The van der Waals surface area contributed by atoms with Gasteiger partial charge in [-0.3, -0.25) is 9.89 Å². The molecule has 2 aliphatic rings. The quantitative estimate of drug-likeness (QED) is 0.939. The molecule has 0 aliphatic carbocycles. The Kier molecular flexibility index (Phi) is 4.32. The van der Waals surface area contributed by atoms with Gasteiger partial charge in [-0.05, 0) is 18.9 Å². The number of piperidine rings is 1. The van der Waals surface area contributed by atoms with E-state index in [-0.39, 0.29) is 12.2 Å². The van der Waals surface area contributed by atoms with Gasteiger partial charge in [-0.2, -0.15) is 5.10 Å². The number of hydrogen-bond donors (Lipinski definition) is 1. The lowest BCUT2D eigenvalue weighted by Crippen LogP contribution is -2.41. The number of aromatic nitrogens is 2. The molecule has 126 valence electrons. The van der Waals surface area contributed by atoms with Gasteiger partial charge in [0.2, 0.25) is 0 Å². The van der Waals surface area contributed by atoms with E-state index in [2.05, 4.69) is 10.2 Å². The van der Waals surface area contributed by atoms with E-state index < -0.39 is 0 Å². The van der Waals surface area contributed by atoms with Crippen LogP contribution >= 0.6 is 0 Å². The van der Waals surface area contributed by atoms with Crippen molar-refractivity contribution >= 4 is 5.91 Å². The van der Waals surface area contributed by atoms with Gasteiger partial charge in [0.25, 0.3) is 5.91 Å². The molecule has 1 N–H and O–H groups in total. The number of ether oxygens (including phenoxy) is 2. The van der Waals surface area contributed by atoms with Gasteiger partial charge in [0.15, 0.2) is 6.29 Å². The second kappa shape index (κ2) is 6.75. The number of likely N-dealkylation sites (tertiary alicyclic amines) is 1.